The molecule has 2 atom stereocenters. The molecule has 106 valence electrons. The highest BCUT2D eigenvalue weighted by atomic mass is 35.5. The highest BCUT2D eigenvalue weighted by Gasteiger charge is 2.39. The first kappa shape index (κ1) is 14.8. The van der Waals surface area contributed by atoms with E-state index in [0.29, 0.717) is 18.2 Å². The Morgan fingerprint density at radius 3 is 2.79 bits per heavy atom. The van der Waals surface area contributed by atoms with Crippen molar-refractivity contribution in [1.29, 1.82) is 0 Å². The number of hydrogen-bond acceptors (Lipinski definition) is 0. The lowest BCUT2D eigenvalue weighted by atomic mass is 9.89. The van der Waals surface area contributed by atoms with Gasteiger partial charge >= 0.3 is 0 Å². The number of aryl methyl sites for hydroxylation is 1. The summed E-state index contributed by atoms with van der Waals surface area (Å²) in [6, 6.07) is 8.36. The Hall–Kier alpha value is -0.630. The van der Waals surface area contributed by atoms with Gasteiger partial charge in [0, 0.05) is 18.7 Å². The zero-order valence-electron chi connectivity index (χ0n) is 11.3. The number of hydrogen-bond donors (Lipinski definition) is 0. The molecule has 0 amide bonds. The van der Waals surface area contributed by atoms with E-state index in [2.05, 4.69) is 25.1 Å². The van der Waals surface area contributed by atoms with Gasteiger partial charge in [-0.2, -0.15) is 0 Å². The molecule has 1 fully saturated rings. The standard InChI is InChI=1S/C16H21ClF2/c1-12-3-2-4-13(7-12)8-15(11-17)9-14-5-6-16(18,19)10-14/h2-4,7,14-15H,5-6,8-11H2,1H3. The molecular weight excluding hydrogens is 266 g/mol. The Labute approximate surface area is 119 Å². The summed E-state index contributed by atoms with van der Waals surface area (Å²) < 4.78 is 26.4. The van der Waals surface area contributed by atoms with Crippen LogP contribution in [0.15, 0.2) is 24.3 Å². The van der Waals surface area contributed by atoms with Crippen molar-refractivity contribution >= 4 is 11.6 Å². The third-order valence-corrected chi connectivity index (χ3v) is 4.43. The Kier molecular flexibility index (Phi) is 4.83. The van der Waals surface area contributed by atoms with Gasteiger partial charge in [0.1, 0.15) is 0 Å². The minimum absolute atomic E-state index is 0.0498. The molecule has 1 aliphatic carbocycles. The van der Waals surface area contributed by atoms with Crippen LogP contribution in [0.2, 0.25) is 0 Å². The first-order valence-corrected chi connectivity index (χ1v) is 7.51. The van der Waals surface area contributed by atoms with Crippen molar-refractivity contribution in [3.63, 3.8) is 0 Å². The van der Waals surface area contributed by atoms with Gasteiger partial charge in [0.2, 0.25) is 5.92 Å². The Balaban J connectivity index is 1.90. The summed E-state index contributed by atoms with van der Waals surface area (Å²) in [5, 5.41) is 0. The second-order valence-electron chi connectivity index (χ2n) is 5.91. The minimum Gasteiger partial charge on any atom is -0.207 e. The van der Waals surface area contributed by atoms with E-state index in [1.807, 2.05) is 6.07 Å². The third kappa shape index (κ3) is 4.45. The number of alkyl halides is 3. The topological polar surface area (TPSA) is 0 Å². The molecule has 0 spiro atoms. The molecule has 0 bridgehead atoms. The molecule has 2 rings (SSSR count). The van der Waals surface area contributed by atoms with Crippen molar-refractivity contribution in [3.8, 4) is 0 Å². The van der Waals surface area contributed by atoms with Crippen LogP contribution in [0.4, 0.5) is 8.78 Å². The van der Waals surface area contributed by atoms with E-state index >= 15 is 0 Å². The fraction of sp³-hybridized carbons (Fsp3) is 0.625. The van der Waals surface area contributed by atoms with Crippen LogP contribution in [0.1, 0.15) is 36.8 Å². The molecule has 2 unspecified atom stereocenters. The molecule has 0 saturated heterocycles. The van der Waals surface area contributed by atoms with Crippen LogP contribution in [-0.2, 0) is 6.42 Å². The van der Waals surface area contributed by atoms with Crippen LogP contribution < -0.4 is 0 Å². The maximum Gasteiger partial charge on any atom is 0.248 e. The molecule has 0 aliphatic heterocycles. The molecule has 1 saturated carbocycles. The average Bonchev–Trinajstić information content (AvgIpc) is 2.68. The quantitative estimate of drug-likeness (QED) is 0.651. The number of benzene rings is 1. The lowest BCUT2D eigenvalue weighted by Gasteiger charge is -2.18. The SMILES string of the molecule is Cc1cccc(CC(CCl)CC2CCC(F)(F)C2)c1. The van der Waals surface area contributed by atoms with Gasteiger partial charge in [-0.25, -0.2) is 8.78 Å². The van der Waals surface area contributed by atoms with Gasteiger partial charge in [-0.05, 0) is 43.6 Å². The zero-order valence-corrected chi connectivity index (χ0v) is 12.1. The van der Waals surface area contributed by atoms with Crippen LogP contribution in [-0.4, -0.2) is 11.8 Å². The van der Waals surface area contributed by atoms with Crippen molar-refractivity contribution in [2.75, 3.05) is 5.88 Å². The summed E-state index contributed by atoms with van der Waals surface area (Å²) in [6.07, 6.45) is 2.47. The molecule has 1 aromatic rings. The first-order chi connectivity index (χ1) is 8.98. The predicted molar refractivity (Wildman–Crippen MR) is 76.0 cm³/mol. The molecular formula is C16H21ClF2. The highest BCUT2D eigenvalue weighted by molar-refractivity contribution is 6.18. The maximum absolute atomic E-state index is 13.2. The Bertz CT molecular complexity index is 417. The van der Waals surface area contributed by atoms with E-state index in [1.54, 1.807) is 0 Å². The monoisotopic (exact) mass is 286 g/mol. The van der Waals surface area contributed by atoms with E-state index in [4.69, 9.17) is 11.6 Å². The summed E-state index contributed by atoms with van der Waals surface area (Å²) in [4.78, 5) is 0. The summed E-state index contributed by atoms with van der Waals surface area (Å²) in [5.41, 5.74) is 2.49. The van der Waals surface area contributed by atoms with Crippen LogP contribution >= 0.6 is 11.6 Å². The maximum atomic E-state index is 13.2. The van der Waals surface area contributed by atoms with Gasteiger partial charge in [-0.3, -0.25) is 0 Å². The highest BCUT2D eigenvalue weighted by Crippen LogP contribution is 2.42. The van der Waals surface area contributed by atoms with Gasteiger partial charge in [0.05, 0.1) is 0 Å². The average molecular weight is 287 g/mol. The van der Waals surface area contributed by atoms with E-state index in [-0.39, 0.29) is 18.8 Å². The molecule has 19 heavy (non-hydrogen) atoms. The van der Waals surface area contributed by atoms with Gasteiger partial charge in [0.25, 0.3) is 0 Å². The number of rotatable bonds is 5. The van der Waals surface area contributed by atoms with E-state index < -0.39 is 5.92 Å². The second-order valence-corrected chi connectivity index (χ2v) is 6.22. The summed E-state index contributed by atoms with van der Waals surface area (Å²) in [6.45, 7) is 2.07. The van der Waals surface area contributed by atoms with Gasteiger partial charge in [0.15, 0.2) is 0 Å². The molecule has 3 heteroatoms. The second kappa shape index (κ2) is 6.21. The van der Waals surface area contributed by atoms with E-state index in [0.717, 1.165) is 12.8 Å². The van der Waals surface area contributed by atoms with E-state index in [1.165, 1.54) is 11.1 Å². The Morgan fingerprint density at radius 2 is 2.21 bits per heavy atom. The van der Waals surface area contributed by atoms with Gasteiger partial charge < -0.3 is 0 Å². The van der Waals surface area contributed by atoms with Crippen molar-refractivity contribution in [2.24, 2.45) is 11.8 Å². The molecule has 1 aromatic carbocycles. The lowest BCUT2D eigenvalue weighted by Crippen LogP contribution is -2.14. The molecule has 0 aromatic heterocycles. The third-order valence-electron chi connectivity index (χ3n) is 4.00. The molecule has 0 nitrogen and oxygen atoms in total. The normalized spacial score (nSPS) is 23.5. The smallest absolute Gasteiger partial charge is 0.207 e. The minimum atomic E-state index is -2.44. The summed E-state index contributed by atoms with van der Waals surface area (Å²) in [7, 11) is 0. The Morgan fingerprint density at radius 1 is 1.42 bits per heavy atom. The van der Waals surface area contributed by atoms with Crippen molar-refractivity contribution in [2.45, 2.75) is 45.0 Å². The van der Waals surface area contributed by atoms with Crippen molar-refractivity contribution < 1.29 is 8.78 Å². The fourth-order valence-electron chi connectivity index (χ4n) is 3.09. The zero-order chi connectivity index (χ0) is 13.9. The lowest BCUT2D eigenvalue weighted by molar-refractivity contribution is 0.00417. The predicted octanol–water partition coefficient (Wildman–Crippen LogP) is 5.22. The van der Waals surface area contributed by atoms with Crippen LogP contribution in [0, 0.1) is 18.8 Å². The van der Waals surface area contributed by atoms with Crippen LogP contribution in [0.25, 0.3) is 0 Å². The van der Waals surface area contributed by atoms with Gasteiger partial charge in [-0.15, -0.1) is 11.6 Å². The van der Waals surface area contributed by atoms with E-state index in [9.17, 15) is 8.78 Å². The van der Waals surface area contributed by atoms with Crippen molar-refractivity contribution in [3.05, 3.63) is 35.4 Å². The first-order valence-electron chi connectivity index (χ1n) is 6.98. The largest absolute Gasteiger partial charge is 0.248 e. The molecule has 1 aliphatic rings. The molecule has 0 radical (unpaired) electrons. The molecule has 0 N–H and O–H groups in total. The van der Waals surface area contributed by atoms with Crippen molar-refractivity contribution in [1.82, 2.24) is 0 Å². The van der Waals surface area contributed by atoms with Crippen LogP contribution in [0.3, 0.4) is 0 Å². The fourth-order valence-corrected chi connectivity index (χ4v) is 3.32. The number of halogens is 3. The molecule has 0 heterocycles. The van der Waals surface area contributed by atoms with Gasteiger partial charge in [-0.1, -0.05) is 29.8 Å². The summed E-state index contributed by atoms with van der Waals surface area (Å²) >= 11 is 6.02. The van der Waals surface area contributed by atoms with Crippen LogP contribution in [0.5, 0.6) is 0 Å². The summed E-state index contributed by atoms with van der Waals surface area (Å²) in [5.74, 6) is -1.44.